The van der Waals surface area contributed by atoms with Crippen molar-refractivity contribution in [2.75, 3.05) is 0 Å². The molecule has 0 bridgehead atoms. The van der Waals surface area contributed by atoms with E-state index in [1.54, 1.807) is 17.0 Å². The van der Waals surface area contributed by atoms with Crippen molar-refractivity contribution < 1.29 is 28.2 Å². The van der Waals surface area contributed by atoms with E-state index in [2.05, 4.69) is 0 Å². The van der Waals surface area contributed by atoms with E-state index in [9.17, 15) is 28.2 Å². The van der Waals surface area contributed by atoms with Crippen LogP contribution in [0.5, 0.6) is 5.75 Å². The number of carbonyl (C=O) groups is 1. The lowest BCUT2D eigenvalue weighted by molar-refractivity contribution is -0.137. The average Bonchev–Trinajstić information content (AvgIpc) is 2.64. The summed E-state index contributed by atoms with van der Waals surface area (Å²) < 4.78 is 38.0. The molecule has 1 amide bonds. The molecule has 2 aromatic rings. The summed E-state index contributed by atoms with van der Waals surface area (Å²) in [6.07, 6.45) is -3.12. The van der Waals surface area contributed by atoms with E-state index in [1.807, 2.05) is 6.92 Å². The number of phenols is 1. The summed E-state index contributed by atoms with van der Waals surface area (Å²) in [6.45, 7) is 3.29. The van der Waals surface area contributed by atoms with Crippen LogP contribution in [0.3, 0.4) is 0 Å². The van der Waals surface area contributed by atoms with E-state index in [4.69, 9.17) is 0 Å². The Morgan fingerprint density at radius 1 is 1.11 bits per heavy atom. The molecule has 2 N–H and O–H groups in total. The van der Waals surface area contributed by atoms with Gasteiger partial charge in [0.05, 0.1) is 12.2 Å². The topological polar surface area (TPSA) is 60.8 Å². The van der Waals surface area contributed by atoms with Crippen molar-refractivity contribution in [1.29, 1.82) is 0 Å². The van der Waals surface area contributed by atoms with Gasteiger partial charge in [0.15, 0.2) is 0 Å². The number of halogens is 3. The maximum absolute atomic E-state index is 12.7. The van der Waals surface area contributed by atoms with Gasteiger partial charge >= 0.3 is 6.18 Å². The number of hydrogen-bond acceptors (Lipinski definition) is 3. The Labute approximate surface area is 162 Å². The van der Waals surface area contributed by atoms with Crippen LogP contribution in [0.1, 0.15) is 42.5 Å². The molecule has 0 aromatic heterocycles. The molecule has 0 fully saturated rings. The van der Waals surface area contributed by atoms with Gasteiger partial charge in [-0.15, -0.1) is 0 Å². The molecule has 0 aliphatic carbocycles. The van der Waals surface area contributed by atoms with E-state index in [-0.39, 0.29) is 30.9 Å². The number of aliphatic hydroxyl groups excluding tert-OH is 1. The normalized spacial score (nSPS) is 12.6. The van der Waals surface area contributed by atoms with Crippen LogP contribution >= 0.6 is 0 Å². The number of carbonyl (C=O) groups excluding carboxylic acids is 1. The van der Waals surface area contributed by atoms with Gasteiger partial charge in [0.25, 0.3) is 0 Å². The number of hydrogen-bond donors (Lipinski definition) is 2. The summed E-state index contributed by atoms with van der Waals surface area (Å²) >= 11 is 0. The third kappa shape index (κ3) is 5.73. The molecule has 0 saturated heterocycles. The number of aryl methyl sites for hydroxylation is 1. The molecule has 0 spiro atoms. The smallest absolute Gasteiger partial charge is 0.416 e. The molecular formula is C21H24F3NO3. The van der Waals surface area contributed by atoms with Crippen molar-refractivity contribution >= 4 is 5.91 Å². The van der Waals surface area contributed by atoms with Crippen molar-refractivity contribution in [3.05, 3.63) is 64.7 Å². The third-order valence-corrected chi connectivity index (χ3v) is 4.74. The van der Waals surface area contributed by atoms with E-state index in [1.165, 1.54) is 25.1 Å². The summed E-state index contributed by atoms with van der Waals surface area (Å²) in [5.74, 6) is -0.124. The standard InChI is InChI=1S/C21H24F3NO3/c1-14(3-4-16-7-10-20(28)18(11-16)13-26)25(15(2)27)12-17-5-8-19(9-6-17)21(22,23)24/h5-11,14,26,28H,3-4,12-13H2,1-2H3. The minimum Gasteiger partial charge on any atom is -0.508 e. The van der Waals surface area contributed by atoms with Crippen molar-refractivity contribution in [1.82, 2.24) is 4.90 Å². The number of benzene rings is 2. The van der Waals surface area contributed by atoms with Gasteiger partial charge in [-0.1, -0.05) is 18.2 Å². The second-order valence-corrected chi connectivity index (χ2v) is 6.85. The predicted octanol–water partition coefficient (Wildman–Crippen LogP) is 4.27. The SMILES string of the molecule is CC(=O)N(Cc1ccc(C(F)(F)F)cc1)C(C)CCc1ccc(O)c(CO)c1. The van der Waals surface area contributed by atoms with Crippen LogP contribution in [0.4, 0.5) is 13.2 Å². The zero-order valence-electron chi connectivity index (χ0n) is 15.8. The zero-order valence-corrected chi connectivity index (χ0v) is 15.8. The molecule has 0 aliphatic heterocycles. The highest BCUT2D eigenvalue weighted by Gasteiger charge is 2.30. The van der Waals surface area contributed by atoms with Crippen LogP contribution in [0, 0.1) is 0 Å². The fourth-order valence-electron chi connectivity index (χ4n) is 3.03. The number of alkyl halides is 3. The van der Waals surface area contributed by atoms with Gasteiger partial charge in [-0.25, -0.2) is 0 Å². The second-order valence-electron chi connectivity index (χ2n) is 6.85. The van der Waals surface area contributed by atoms with Crippen molar-refractivity contribution in [2.45, 2.75) is 52.1 Å². The zero-order chi connectivity index (χ0) is 20.9. The molecule has 0 heterocycles. The monoisotopic (exact) mass is 395 g/mol. The fourth-order valence-corrected chi connectivity index (χ4v) is 3.03. The molecule has 2 aromatic carbocycles. The number of rotatable bonds is 7. The van der Waals surface area contributed by atoms with Gasteiger partial charge < -0.3 is 15.1 Å². The Bertz CT molecular complexity index is 804. The summed E-state index contributed by atoms with van der Waals surface area (Å²) in [5, 5.41) is 18.9. The van der Waals surface area contributed by atoms with Crippen LogP contribution < -0.4 is 0 Å². The number of aliphatic hydroxyl groups is 1. The molecular weight excluding hydrogens is 371 g/mol. The van der Waals surface area contributed by atoms with Gasteiger partial charge in [0.1, 0.15) is 5.75 Å². The van der Waals surface area contributed by atoms with E-state index < -0.39 is 11.7 Å². The van der Waals surface area contributed by atoms with Crippen LogP contribution in [-0.4, -0.2) is 27.1 Å². The molecule has 0 saturated carbocycles. The Hall–Kier alpha value is -2.54. The Morgan fingerprint density at radius 2 is 1.71 bits per heavy atom. The van der Waals surface area contributed by atoms with Gasteiger partial charge in [0.2, 0.25) is 5.91 Å². The maximum atomic E-state index is 12.7. The largest absolute Gasteiger partial charge is 0.508 e. The molecule has 2 rings (SSSR count). The quantitative estimate of drug-likeness (QED) is 0.736. The first-order valence-electron chi connectivity index (χ1n) is 8.96. The van der Waals surface area contributed by atoms with Crippen LogP contribution in [-0.2, 0) is 30.5 Å². The van der Waals surface area contributed by atoms with Crippen LogP contribution in [0.2, 0.25) is 0 Å². The molecule has 1 unspecified atom stereocenters. The first kappa shape index (κ1) is 21.8. The lowest BCUT2D eigenvalue weighted by Crippen LogP contribution is -2.36. The van der Waals surface area contributed by atoms with Crippen molar-refractivity contribution in [3.63, 3.8) is 0 Å². The van der Waals surface area contributed by atoms with Gasteiger partial charge in [-0.3, -0.25) is 4.79 Å². The first-order valence-corrected chi connectivity index (χ1v) is 8.96. The van der Waals surface area contributed by atoms with Gasteiger partial charge in [0, 0.05) is 25.1 Å². The minimum absolute atomic E-state index is 0.0342. The summed E-state index contributed by atoms with van der Waals surface area (Å²) in [5.41, 5.74) is 1.28. The molecule has 1 atom stereocenters. The van der Waals surface area contributed by atoms with Crippen LogP contribution in [0.25, 0.3) is 0 Å². The van der Waals surface area contributed by atoms with E-state index in [0.717, 1.165) is 17.7 Å². The predicted molar refractivity (Wildman–Crippen MR) is 99.5 cm³/mol. The highest BCUT2D eigenvalue weighted by molar-refractivity contribution is 5.73. The Morgan fingerprint density at radius 3 is 2.25 bits per heavy atom. The van der Waals surface area contributed by atoms with Crippen molar-refractivity contribution in [3.8, 4) is 5.75 Å². The first-order chi connectivity index (χ1) is 13.1. The maximum Gasteiger partial charge on any atom is 0.416 e. The molecule has 4 nitrogen and oxygen atoms in total. The second kappa shape index (κ2) is 9.10. The lowest BCUT2D eigenvalue weighted by Gasteiger charge is -2.28. The minimum atomic E-state index is -4.39. The van der Waals surface area contributed by atoms with Gasteiger partial charge in [-0.2, -0.15) is 13.2 Å². The molecule has 0 radical (unpaired) electrons. The van der Waals surface area contributed by atoms with E-state index >= 15 is 0 Å². The highest BCUT2D eigenvalue weighted by Crippen LogP contribution is 2.29. The van der Waals surface area contributed by atoms with Crippen LogP contribution in [0.15, 0.2) is 42.5 Å². The van der Waals surface area contributed by atoms with Crippen molar-refractivity contribution in [2.24, 2.45) is 0 Å². The Kier molecular flexibility index (Phi) is 7.07. The van der Waals surface area contributed by atoms with E-state index in [0.29, 0.717) is 24.0 Å². The lowest BCUT2D eigenvalue weighted by atomic mass is 10.0. The number of amides is 1. The molecule has 0 aliphatic rings. The summed E-state index contributed by atoms with van der Waals surface area (Å²) in [7, 11) is 0. The average molecular weight is 395 g/mol. The molecule has 152 valence electrons. The third-order valence-electron chi connectivity index (χ3n) is 4.74. The Balaban J connectivity index is 2.03. The summed E-state index contributed by atoms with van der Waals surface area (Å²) in [6, 6.07) is 9.68. The summed E-state index contributed by atoms with van der Waals surface area (Å²) in [4.78, 5) is 13.7. The number of aromatic hydroxyl groups is 1. The molecule has 7 heteroatoms. The molecule has 28 heavy (non-hydrogen) atoms. The fraction of sp³-hybridized carbons (Fsp3) is 0.381. The van der Waals surface area contributed by atoms with Gasteiger partial charge in [-0.05, 0) is 55.2 Å². The number of nitrogens with zero attached hydrogens (tertiary/aromatic N) is 1. The highest BCUT2D eigenvalue weighted by atomic mass is 19.4.